The minimum atomic E-state index is -0.440. The summed E-state index contributed by atoms with van der Waals surface area (Å²) in [6.45, 7) is 0. The van der Waals surface area contributed by atoms with Crippen LogP contribution in [0.25, 0.3) is 88.9 Å². The second-order valence-electron chi connectivity index (χ2n) is 13.2. The highest BCUT2D eigenvalue weighted by atomic mass is 19.1. The van der Waals surface area contributed by atoms with E-state index in [1.54, 1.807) is 24.3 Å². The molecule has 0 aliphatic heterocycles. The van der Waals surface area contributed by atoms with Gasteiger partial charge in [0.05, 0.1) is 33.5 Å². The molecule has 4 nitrogen and oxygen atoms in total. The second kappa shape index (κ2) is 12.3. The molecule has 0 saturated carbocycles. The minimum Gasteiger partial charge on any atom is -0.309 e. The first-order valence-electron chi connectivity index (χ1n) is 17.3. The first kappa shape index (κ1) is 31.7. The van der Waals surface area contributed by atoms with Gasteiger partial charge in [0.2, 0.25) is 0 Å². The lowest BCUT2D eigenvalue weighted by molar-refractivity contribution is 0.628. The SMILES string of the molecule is Fc1ccc2c(c1)c1cc(F)ccc1n2-c1cc(-c2nc(-c3ccccc3)cc(-c3ccccc3)n2)cc(-n2c3ccc(F)cc3c3cc(F)ccc32)c1. The molecule has 0 aliphatic carbocycles. The van der Waals surface area contributed by atoms with Crippen molar-refractivity contribution in [2.24, 2.45) is 0 Å². The Labute approximate surface area is 305 Å². The van der Waals surface area contributed by atoms with Crippen LogP contribution in [0.3, 0.4) is 0 Å². The Morgan fingerprint density at radius 3 is 1.04 bits per heavy atom. The van der Waals surface area contributed by atoms with E-state index in [4.69, 9.17) is 9.97 Å². The van der Waals surface area contributed by atoms with Crippen molar-refractivity contribution in [2.45, 2.75) is 0 Å². The third-order valence-electron chi connectivity index (χ3n) is 9.92. The zero-order chi connectivity index (χ0) is 36.5. The smallest absolute Gasteiger partial charge is 0.160 e. The molecule has 3 aromatic heterocycles. The Kier molecular flexibility index (Phi) is 7.20. The minimum absolute atomic E-state index is 0.439. The van der Waals surface area contributed by atoms with Gasteiger partial charge in [0, 0.05) is 49.6 Å². The third-order valence-corrected chi connectivity index (χ3v) is 9.92. The fourth-order valence-corrected chi connectivity index (χ4v) is 7.56. The molecule has 0 bridgehead atoms. The van der Waals surface area contributed by atoms with Crippen LogP contribution in [0, 0.1) is 23.3 Å². The highest BCUT2D eigenvalue weighted by molar-refractivity contribution is 6.10. The lowest BCUT2D eigenvalue weighted by Crippen LogP contribution is -2.02. The van der Waals surface area contributed by atoms with Crippen LogP contribution in [0.15, 0.2) is 158 Å². The number of hydrogen-bond acceptors (Lipinski definition) is 2. The van der Waals surface area contributed by atoms with Gasteiger partial charge in [0.25, 0.3) is 0 Å². The largest absolute Gasteiger partial charge is 0.309 e. The van der Waals surface area contributed by atoms with Crippen molar-refractivity contribution in [3.8, 4) is 45.3 Å². The molecule has 0 spiro atoms. The Morgan fingerprint density at radius 2 is 0.685 bits per heavy atom. The molecule has 10 aromatic rings. The van der Waals surface area contributed by atoms with Crippen molar-refractivity contribution in [1.82, 2.24) is 19.1 Å². The molecular formula is C46H26F4N4. The molecular weight excluding hydrogens is 685 g/mol. The molecule has 0 saturated heterocycles. The van der Waals surface area contributed by atoms with Crippen molar-refractivity contribution < 1.29 is 17.6 Å². The summed E-state index contributed by atoms with van der Waals surface area (Å²) in [5, 5.41) is 2.20. The highest BCUT2D eigenvalue weighted by Gasteiger charge is 2.20. The van der Waals surface area contributed by atoms with Crippen molar-refractivity contribution in [1.29, 1.82) is 0 Å². The predicted octanol–water partition coefficient (Wildman–Crippen LogP) is 12.2. The van der Waals surface area contributed by atoms with E-state index in [-0.39, 0.29) is 0 Å². The topological polar surface area (TPSA) is 35.6 Å². The number of aromatic nitrogens is 4. The van der Waals surface area contributed by atoms with E-state index in [9.17, 15) is 17.6 Å². The summed E-state index contributed by atoms with van der Waals surface area (Å²) in [5.74, 6) is -1.32. The molecule has 0 radical (unpaired) electrons. The van der Waals surface area contributed by atoms with Gasteiger partial charge in [-0.2, -0.15) is 0 Å². The van der Waals surface area contributed by atoms with E-state index in [1.165, 1.54) is 48.5 Å². The van der Waals surface area contributed by atoms with Crippen molar-refractivity contribution in [3.63, 3.8) is 0 Å². The Morgan fingerprint density at radius 1 is 0.333 bits per heavy atom. The number of nitrogens with zero attached hydrogens (tertiary/aromatic N) is 4. The third kappa shape index (κ3) is 5.22. The van der Waals surface area contributed by atoms with Gasteiger partial charge >= 0.3 is 0 Å². The number of hydrogen-bond donors (Lipinski definition) is 0. The average molecular weight is 711 g/mol. The molecule has 10 rings (SSSR count). The average Bonchev–Trinajstić information content (AvgIpc) is 3.69. The molecule has 0 fully saturated rings. The van der Waals surface area contributed by atoms with E-state index in [0.717, 1.165) is 22.5 Å². The van der Waals surface area contributed by atoms with E-state index >= 15 is 0 Å². The first-order valence-corrected chi connectivity index (χ1v) is 17.3. The molecule has 8 heteroatoms. The van der Waals surface area contributed by atoms with Crippen molar-refractivity contribution >= 4 is 43.6 Å². The lowest BCUT2D eigenvalue weighted by Gasteiger charge is -2.16. The molecule has 0 aliphatic rings. The van der Waals surface area contributed by atoms with Crippen LogP contribution in [0.1, 0.15) is 0 Å². The van der Waals surface area contributed by atoms with Crippen LogP contribution in [-0.4, -0.2) is 19.1 Å². The van der Waals surface area contributed by atoms with Gasteiger partial charge in [0.15, 0.2) is 5.82 Å². The van der Waals surface area contributed by atoms with Gasteiger partial charge in [-0.15, -0.1) is 0 Å². The zero-order valence-corrected chi connectivity index (χ0v) is 28.3. The molecule has 0 unspecified atom stereocenters. The Bertz CT molecular complexity index is 2780. The molecule has 54 heavy (non-hydrogen) atoms. The summed E-state index contributed by atoms with van der Waals surface area (Å²) >= 11 is 0. The van der Waals surface area contributed by atoms with Gasteiger partial charge in [-0.3, -0.25) is 0 Å². The highest BCUT2D eigenvalue weighted by Crippen LogP contribution is 2.39. The molecule has 0 amide bonds. The van der Waals surface area contributed by atoms with Gasteiger partial charge in [-0.1, -0.05) is 60.7 Å². The summed E-state index contributed by atoms with van der Waals surface area (Å²) in [5.41, 5.74) is 7.88. The number of rotatable bonds is 5. The maximum absolute atomic E-state index is 14.7. The fourth-order valence-electron chi connectivity index (χ4n) is 7.56. The summed E-state index contributed by atoms with van der Waals surface area (Å²) in [4.78, 5) is 10.2. The van der Waals surface area contributed by atoms with Crippen LogP contribution in [-0.2, 0) is 0 Å². The molecule has 0 N–H and O–H groups in total. The van der Waals surface area contributed by atoms with Crippen LogP contribution < -0.4 is 0 Å². The van der Waals surface area contributed by atoms with E-state index in [1.807, 2.05) is 94.1 Å². The standard InChI is InChI=1S/C46H26F4N4/c47-30-11-15-42-36(21-30)37-22-31(48)12-16-43(37)53(42)34-19-29(46-51-40(27-7-3-1-4-8-27)26-41(52-46)28-9-5-2-6-10-28)20-35(25-34)54-44-17-13-32(49)23-38(44)39-24-33(50)14-18-45(39)54/h1-26H. The molecule has 0 atom stereocenters. The van der Waals surface area contributed by atoms with Gasteiger partial charge < -0.3 is 9.13 Å². The van der Waals surface area contributed by atoms with Gasteiger partial charge in [0.1, 0.15) is 23.3 Å². The van der Waals surface area contributed by atoms with Crippen LogP contribution in [0.4, 0.5) is 17.6 Å². The van der Waals surface area contributed by atoms with E-state index < -0.39 is 23.3 Å². The van der Waals surface area contributed by atoms with E-state index in [2.05, 4.69) is 0 Å². The van der Waals surface area contributed by atoms with Crippen molar-refractivity contribution in [2.75, 3.05) is 0 Å². The molecule has 7 aromatic carbocycles. The quantitative estimate of drug-likeness (QED) is 0.167. The monoisotopic (exact) mass is 710 g/mol. The maximum Gasteiger partial charge on any atom is 0.160 e. The van der Waals surface area contributed by atoms with Gasteiger partial charge in [-0.25, -0.2) is 27.5 Å². The van der Waals surface area contributed by atoms with Crippen LogP contribution >= 0.6 is 0 Å². The van der Waals surface area contributed by atoms with E-state index in [0.29, 0.717) is 66.4 Å². The Balaban J connectivity index is 1.32. The fraction of sp³-hybridized carbons (Fsp3) is 0. The second-order valence-corrected chi connectivity index (χ2v) is 13.2. The lowest BCUT2D eigenvalue weighted by atomic mass is 10.1. The maximum atomic E-state index is 14.7. The Hall–Kier alpha value is -7.06. The predicted molar refractivity (Wildman–Crippen MR) is 207 cm³/mol. The molecule has 258 valence electrons. The van der Waals surface area contributed by atoms with Crippen molar-refractivity contribution in [3.05, 3.63) is 181 Å². The number of halogens is 4. The first-order chi connectivity index (χ1) is 26.4. The van der Waals surface area contributed by atoms with Gasteiger partial charge in [-0.05, 0) is 97.1 Å². The summed E-state index contributed by atoms with van der Waals surface area (Å²) in [6.07, 6.45) is 0. The summed E-state index contributed by atoms with van der Waals surface area (Å²) < 4.78 is 62.9. The van der Waals surface area contributed by atoms with Crippen LogP contribution in [0.2, 0.25) is 0 Å². The normalized spacial score (nSPS) is 11.7. The summed E-state index contributed by atoms with van der Waals surface area (Å²) in [7, 11) is 0. The molecule has 3 heterocycles. The summed E-state index contributed by atoms with van der Waals surface area (Å²) in [6, 6.07) is 45.5. The number of benzene rings is 7. The van der Waals surface area contributed by atoms with Crippen LogP contribution in [0.5, 0.6) is 0 Å². The zero-order valence-electron chi connectivity index (χ0n) is 28.3. The number of fused-ring (bicyclic) bond motifs is 6.